The molecule has 0 aliphatic heterocycles. The number of hydrogen-bond donors (Lipinski definition) is 0. The molecule has 0 radical (unpaired) electrons. The van der Waals surface area contributed by atoms with Gasteiger partial charge in [-0.2, -0.15) is 0 Å². The molecule has 0 atom stereocenters. The van der Waals surface area contributed by atoms with Crippen molar-refractivity contribution in [2.75, 3.05) is 0 Å². The lowest BCUT2D eigenvalue weighted by Crippen LogP contribution is -1.99. The Labute approximate surface area is 120 Å². The SMILES string of the molecule is O=c1c2sccc2c2ccc3c4ccsc4c(=O)c3c12. The maximum atomic E-state index is 12.6. The van der Waals surface area contributed by atoms with E-state index in [1.165, 1.54) is 22.7 Å². The molecule has 0 N–H and O–H groups in total. The summed E-state index contributed by atoms with van der Waals surface area (Å²) in [5, 5.41) is 8.84. The zero-order valence-electron chi connectivity index (χ0n) is 10.1. The average Bonchev–Trinajstić information content (AvgIpc) is 3.17. The Kier molecular flexibility index (Phi) is 1.79. The molecule has 2 heterocycles. The molecule has 0 unspecified atom stereocenters. The lowest BCUT2D eigenvalue weighted by molar-refractivity contribution is 1.88. The minimum atomic E-state index is 0.00496. The van der Waals surface area contributed by atoms with Gasteiger partial charge in [-0.05, 0) is 33.7 Å². The molecule has 0 amide bonds. The molecule has 0 bridgehead atoms. The van der Waals surface area contributed by atoms with Gasteiger partial charge in [0, 0.05) is 21.5 Å². The van der Waals surface area contributed by atoms with E-state index in [-0.39, 0.29) is 10.9 Å². The Morgan fingerprint density at radius 1 is 0.600 bits per heavy atom. The van der Waals surface area contributed by atoms with Gasteiger partial charge in [0.1, 0.15) is 0 Å². The summed E-state index contributed by atoms with van der Waals surface area (Å²) in [6.07, 6.45) is 0. The number of rotatable bonds is 0. The van der Waals surface area contributed by atoms with Crippen molar-refractivity contribution in [3.63, 3.8) is 0 Å². The smallest absolute Gasteiger partial charge is 0.204 e. The minimum Gasteiger partial charge on any atom is -0.288 e. The first kappa shape index (κ1) is 10.7. The number of hydrogen-bond acceptors (Lipinski definition) is 4. The monoisotopic (exact) mass is 294 g/mol. The molecule has 2 nitrogen and oxygen atoms in total. The Hall–Kier alpha value is -2.04. The van der Waals surface area contributed by atoms with Gasteiger partial charge >= 0.3 is 0 Å². The Balaban J connectivity index is 2.27. The Morgan fingerprint density at radius 2 is 1.05 bits per heavy atom. The number of thiophene rings is 2. The predicted molar refractivity (Wildman–Crippen MR) is 87.1 cm³/mol. The van der Waals surface area contributed by atoms with Crippen LogP contribution in [0.3, 0.4) is 0 Å². The molecule has 2 aromatic heterocycles. The van der Waals surface area contributed by atoms with E-state index in [4.69, 9.17) is 0 Å². The molecule has 0 saturated heterocycles. The third kappa shape index (κ3) is 1.03. The van der Waals surface area contributed by atoms with E-state index in [1.54, 1.807) is 0 Å². The molecular weight excluding hydrogens is 288 g/mol. The fraction of sp³-hybridized carbons (Fsp3) is 0. The van der Waals surface area contributed by atoms with Gasteiger partial charge in [-0.25, -0.2) is 0 Å². The number of benzene rings is 1. The van der Waals surface area contributed by atoms with Gasteiger partial charge in [0.25, 0.3) is 0 Å². The summed E-state index contributed by atoms with van der Waals surface area (Å²) < 4.78 is 1.52. The maximum absolute atomic E-state index is 12.6. The van der Waals surface area contributed by atoms with Crippen LogP contribution in [0, 0.1) is 0 Å². The summed E-state index contributed by atoms with van der Waals surface area (Å²) in [4.78, 5) is 25.2. The van der Waals surface area contributed by atoms with Crippen LogP contribution in [0.25, 0.3) is 41.7 Å². The molecule has 0 aliphatic carbocycles. The van der Waals surface area contributed by atoms with E-state index in [2.05, 4.69) is 0 Å². The topological polar surface area (TPSA) is 34.1 Å². The lowest BCUT2D eigenvalue weighted by Gasteiger charge is -1.93. The standard InChI is InChI=1S/C16H6O2S2/c17-13-11-7(9-3-5-19-15(9)13)1-2-8-10-4-6-20-16(10)14(18)12(8)11/h1-6H. The van der Waals surface area contributed by atoms with Gasteiger partial charge in [0.15, 0.2) is 0 Å². The molecule has 0 spiro atoms. The van der Waals surface area contributed by atoms with Gasteiger partial charge in [0.05, 0.1) is 9.40 Å². The first-order valence-electron chi connectivity index (χ1n) is 6.19. The summed E-state index contributed by atoms with van der Waals surface area (Å²) in [6, 6.07) is 7.88. The maximum Gasteiger partial charge on any atom is 0.204 e. The van der Waals surface area contributed by atoms with Crippen molar-refractivity contribution in [3.8, 4) is 0 Å². The van der Waals surface area contributed by atoms with E-state index in [1.807, 2.05) is 35.0 Å². The Morgan fingerprint density at radius 3 is 1.50 bits per heavy atom. The van der Waals surface area contributed by atoms with Crippen molar-refractivity contribution in [2.45, 2.75) is 0 Å². The highest BCUT2D eigenvalue weighted by atomic mass is 32.1. The van der Waals surface area contributed by atoms with Gasteiger partial charge < -0.3 is 0 Å². The molecule has 0 aliphatic rings. The van der Waals surface area contributed by atoms with Crippen molar-refractivity contribution >= 4 is 64.4 Å². The summed E-state index contributed by atoms with van der Waals surface area (Å²) >= 11 is 2.90. The fourth-order valence-electron chi connectivity index (χ4n) is 3.14. The largest absolute Gasteiger partial charge is 0.288 e. The first-order chi connectivity index (χ1) is 9.77. The second kappa shape index (κ2) is 3.34. The second-order valence-electron chi connectivity index (χ2n) is 4.90. The number of fused-ring (bicyclic) bond motifs is 7. The molecule has 20 heavy (non-hydrogen) atoms. The van der Waals surface area contributed by atoms with Crippen LogP contribution >= 0.6 is 22.7 Å². The van der Waals surface area contributed by atoms with Crippen LogP contribution in [0.2, 0.25) is 0 Å². The van der Waals surface area contributed by atoms with Gasteiger partial charge in [0.2, 0.25) is 10.9 Å². The Bertz CT molecular complexity index is 1130. The molecule has 3 aromatic carbocycles. The molecular formula is C16H6O2S2. The van der Waals surface area contributed by atoms with Crippen LogP contribution in [0.5, 0.6) is 0 Å². The van der Waals surface area contributed by atoms with E-state index in [0.29, 0.717) is 10.8 Å². The van der Waals surface area contributed by atoms with Crippen LogP contribution in [-0.4, -0.2) is 0 Å². The highest BCUT2D eigenvalue weighted by Crippen LogP contribution is 2.35. The fourth-order valence-corrected chi connectivity index (χ4v) is 4.85. The van der Waals surface area contributed by atoms with Crippen LogP contribution in [-0.2, 0) is 0 Å². The van der Waals surface area contributed by atoms with E-state index >= 15 is 0 Å². The van der Waals surface area contributed by atoms with Crippen LogP contribution in [0.4, 0.5) is 0 Å². The molecule has 5 aromatic rings. The van der Waals surface area contributed by atoms with Crippen molar-refractivity contribution < 1.29 is 0 Å². The van der Waals surface area contributed by atoms with Gasteiger partial charge in [-0.1, -0.05) is 12.1 Å². The van der Waals surface area contributed by atoms with Gasteiger partial charge in [-0.15, -0.1) is 22.7 Å². The van der Waals surface area contributed by atoms with Crippen LogP contribution < -0.4 is 10.9 Å². The van der Waals surface area contributed by atoms with Crippen LogP contribution in [0.15, 0.2) is 44.6 Å². The molecule has 94 valence electrons. The molecule has 5 rings (SSSR count). The lowest BCUT2D eigenvalue weighted by atomic mass is 10.1. The van der Waals surface area contributed by atoms with E-state index in [9.17, 15) is 9.59 Å². The van der Waals surface area contributed by atoms with Crippen molar-refractivity contribution in [3.05, 3.63) is 55.5 Å². The van der Waals surface area contributed by atoms with Crippen molar-refractivity contribution in [2.24, 2.45) is 0 Å². The third-order valence-corrected chi connectivity index (χ3v) is 5.81. The van der Waals surface area contributed by atoms with Gasteiger partial charge in [-0.3, -0.25) is 9.59 Å². The highest BCUT2D eigenvalue weighted by Gasteiger charge is 2.19. The van der Waals surface area contributed by atoms with Crippen molar-refractivity contribution in [1.29, 1.82) is 0 Å². The normalized spacial score (nSPS) is 12.4. The van der Waals surface area contributed by atoms with Crippen molar-refractivity contribution in [1.82, 2.24) is 0 Å². The zero-order chi connectivity index (χ0) is 13.4. The van der Waals surface area contributed by atoms with E-state index in [0.717, 1.165) is 30.9 Å². The highest BCUT2D eigenvalue weighted by molar-refractivity contribution is 7.18. The predicted octanol–water partition coefficient (Wildman–Crippen LogP) is 4.02. The first-order valence-corrected chi connectivity index (χ1v) is 7.95. The minimum absolute atomic E-state index is 0.00496. The van der Waals surface area contributed by atoms with E-state index < -0.39 is 0 Å². The molecule has 0 fully saturated rings. The second-order valence-corrected chi connectivity index (χ2v) is 6.73. The zero-order valence-corrected chi connectivity index (χ0v) is 11.7. The van der Waals surface area contributed by atoms with Crippen LogP contribution in [0.1, 0.15) is 0 Å². The summed E-state index contributed by atoms with van der Waals surface area (Å²) in [6.45, 7) is 0. The average molecular weight is 294 g/mol. The molecule has 0 saturated carbocycles. The summed E-state index contributed by atoms with van der Waals surface area (Å²) in [7, 11) is 0. The summed E-state index contributed by atoms with van der Waals surface area (Å²) in [5.41, 5.74) is 0.00991. The summed E-state index contributed by atoms with van der Waals surface area (Å²) in [5.74, 6) is 0. The quantitative estimate of drug-likeness (QED) is 0.432. The molecule has 4 heteroatoms. The third-order valence-electron chi connectivity index (χ3n) is 3.98.